The smallest absolute Gasteiger partial charge is 0.249 e. The second-order valence-electron chi connectivity index (χ2n) is 7.20. The molecule has 1 atom stereocenters. The fraction of sp³-hybridized carbons (Fsp3) is 0.318. The van der Waals surface area contributed by atoms with Crippen LogP contribution in [0, 0.1) is 0 Å². The van der Waals surface area contributed by atoms with E-state index in [4.69, 9.17) is 16.3 Å². The Labute approximate surface area is 179 Å². The molecule has 30 heavy (non-hydrogen) atoms. The lowest BCUT2D eigenvalue weighted by atomic mass is 10.2. The molecule has 0 bridgehead atoms. The molecule has 1 saturated heterocycles. The quantitative estimate of drug-likeness (QED) is 0.607. The van der Waals surface area contributed by atoms with E-state index in [2.05, 4.69) is 15.6 Å². The minimum atomic E-state index is -0.354. The first-order chi connectivity index (χ1) is 14.6. The van der Waals surface area contributed by atoms with Gasteiger partial charge in [-0.25, -0.2) is 4.98 Å². The summed E-state index contributed by atoms with van der Waals surface area (Å²) >= 11 is 5.99. The van der Waals surface area contributed by atoms with Crippen molar-refractivity contribution in [2.75, 3.05) is 18.5 Å². The third kappa shape index (κ3) is 4.80. The van der Waals surface area contributed by atoms with Gasteiger partial charge in [0.15, 0.2) is 0 Å². The van der Waals surface area contributed by atoms with Crippen molar-refractivity contribution in [3.05, 3.63) is 59.4 Å². The fourth-order valence-corrected chi connectivity index (χ4v) is 3.79. The van der Waals surface area contributed by atoms with Crippen LogP contribution in [0.5, 0.6) is 0 Å². The molecule has 1 aliphatic heterocycles. The number of carbonyl (C=O) groups is 2. The Hall–Kier alpha value is -2.90. The van der Waals surface area contributed by atoms with Crippen LogP contribution in [0.15, 0.2) is 48.5 Å². The normalized spacial score (nSPS) is 16.0. The van der Waals surface area contributed by atoms with E-state index in [-0.39, 0.29) is 24.5 Å². The Morgan fingerprint density at radius 1 is 1.20 bits per heavy atom. The Kier molecular flexibility index (Phi) is 6.30. The first kappa shape index (κ1) is 20.4. The van der Waals surface area contributed by atoms with Crippen LogP contribution in [0.2, 0.25) is 5.02 Å². The number of ether oxygens (including phenoxy) is 1. The van der Waals surface area contributed by atoms with Gasteiger partial charge in [-0.2, -0.15) is 0 Å². The first-order valence-corrected chi connectivity index (χ1v) is 10.4. The number of carbonyl (C=O) groups excluding carboxylic acids is 2. The Morgan fingerprint density at radius 3 is 2.87 bits per heavy atom. The van der Waals surface area contributed by atoms with Crippen LogP contribution in [0.25, 0.3) is 11.0 Å². The van der Waals surface area contributed by atoms with Crippen molar-refractivity contribution in [2.45, 2.75) is 31.9 Å². The molecule has 2 amide bonds. The van der Waals surface area contributed by atoms with Crippen LogP contribution in [0.4, 0.5) is 5.69 Å². The predicted octanol–water partition coefficient (Wildman–Crippen LogP) is 3.17. The molecular weight excluding hydrogens is 404 g/mol. The Morgan fingerprint density at radius 2 is 2.07 bits per heavy atom. The van der Waals surface area contributed by atoms with Gasteiger partial charge < -0.3 is 19.9 Å². The number of aromatic nitrogens is 2. The summed E-state index contributed by atoms with van der Waals surface area (Å²) in [5.74, 6) is 0.476. The molecule has 1 aliphatic rings. The van der Waals surface area contributed by atoms with Crippen LogP contribution >= 0.6 is 11.6 Å². The molecule has 3 aromatic rings. The SMILES string of the molecule is O=C(Cn1c(CCNC(=O)C2CCCO2)nc2ccccc21)Nc1cccc(Cl)c1. The summed E-state index contributed by atoms with van der Waals surface area (Å²) in [6.45, 7) is 1.18. The summed E-state index contributed by atoms with van der Waals surface area (Å²) in [5, 5.41) is 6.34. The summed E-state index contributed by atoms with van der Waals surface area (Å²) in [5.41, 5.74) is 2.33. The topological polar surface area (TPSA) is 85.2 Å². The molecule has 0 spiro atoms. The first-order valence-electron chi connectivity index (χ1n) is 9.99. The average molecular weight is 427 g/mol. The van der Waals surface area contributed by atoms with E-state index in [0.29, 0.717) is 30.3 Å². The van der Waals surface area contributed by atoms with Crippen LogP contribution in [-0.2, 0) is 27.3 Å². The molecule has 1 unspecified atom stereocenters. The Bertz CT molecular complexity index is 1060. The van der Waals surface area contributed by atoms with Gasteiger partial charge in [0.05, 0.1) is 11.0 Å². The average Bonchev–Trinajstić information content (AvgIpc) is 3.37. The van der Waals surface area contributed by atoms with Gasteiger partial charge >= 0.3 is 0 Å². The zero-order chi connectivity index (χ0) is 20.9. The van der Waals surface area contributed by atoms with E-state index in [9.17, 15) is 9.59 Å². The number of benzene rings is 2. The third-order valence-corrected chi connectivity index (χ3v) is 5.25. The van der Waals surface area contributed by atoms with Crippen molar-refractivity contribution in [3.8, 4) is 0 Å². The highest BCUT2D eigenvalue weighted by Crippen LogP contribution is 2.18. The van der Waals surface area contributed by atoms with Gasteiger partial charge in [0.2, 0.25) is 11.8 Å². The van der Waals surface area contributed by atoms with E-state index >= 15 is 0 Å². The van der Waals surface area contributed by atoms with Crippen LogP contribution in [-0.4, -0.2) is 40.6 Å². The molecule has 0 saturated carbocycles. The molecule has 1 fully saturated rings. The molecule has 7 nitrogen and oxygen atoms in total. The molecule has 2 heterocycles. The van der Waals surface area contributed by atoms with Crippen LogP contribution in [0.1, 0.15) is 18.7 Å². The zero-order valence-corrected chi connectivity index (χ0v) is 17.2. The van der Waals surface area contributed by atoms with Gasteiger partial charge in [-0.1, -0.05) is 29.8 Å². The van der Waals surface area contributed by atoms with Crippen molar-refractivity contribution < 1.29 is 14.3 Å². The number of halogens is 1. The minimum Gasteiger partial charge on any atom is -0.368 e. The van der Waals surface area contributed by atoms with E-state index in [0.717, 1.165) is 29.7 Å². The summed E-state index contributed by atoms with van der Waals surface area (Å²) in [6, 6.07) is 14.7. The van der Waals surface area contributed by atoms with E-state index < -0.39 is 0 Å². The van der Waals surface area contributed by atoms with Gasteiger partial charge in [0.1, 0.15) is 18.5 Å². The molecule has 8 heteroatoms. The lowest BCUT2D eigenvalue weighted by Crippen LogP contribution is -2.35. The predicted molar refractivity (Wildman–Crippen MR) is 116 cm³/mol. The van der Waals surface area contributed by atoms with Crippen molar-refractivity contribution in [1.29, 1.82) is 0 Å². The maximum absolute atomic E-state index is 12.7. The molecule has 0 aliphatic carbocycles. The summed E-state index contributed by atoms with van der Waals surface area (Å²) < 4.78 is 7.29. The molecule has 2 N–H and O–H groups in total. The number of fused-ring (bicyclic) bond motifs is 1. The molecule has 0 radical (unpaired) electrons. The van der Waals surface area contributed by atoms with E-state index in [1.165, 1.54) is 0 Å². The van der Waals surface area contributed by atoms with Gasteiger partial charge in [-0.3, -0.25) is 9.59 Å². The number of imidazole rings is 1. The van der Waals surface area contributed by atoms with Gasteiger partial charge in [0, 0.05) is 30.3 Å². The highest BCUT2D eigenvalue weighted by atomic mass is 35.5. The maximum atomic E-state index is 12.7. The van der Waals surface area contributed by atoms with Crippen molar-refractivity contribution >= 4 is 40.1 Å². The number of para-hydroxylation sites is 2. The second-order valence-corrected chi connectivity index (χ2v) is 7.64. The monoisotopic (exact) mass is 426 g/mol. The highest BCUT2D eigenvalue weighted by molar-refractivity contribution is 6.30. The number of hydrogen-bond donors (Lipinski definition) is 2. The number of anilines is 1. The lowest BCUT2D eigenvalue weighted by Gasteiger charge is -2.12. The number of rotatable bonds is 7. The van der Waals surface area contributed by atoms with Gasteiger partial charge in [0.25, 0.3) is 0 Å². The van der Waals surface area contributed by atoms with Crippen molar-refractivity contribution in [2.24, 2.45) is 0 Å². The fourth-order valence-electron chi connectivity index (χ4n) is 3.60. The molecular formula is C22H23ClN4O3. The molecule has 4 rings (SSSR count). The maximum Gasteiger partial charge on any atom is 0.249 e. The van der Waals surface area contributed by atoms with Crippen molar-refractivity contribution in [1.82, 2.24) is 14.9 Å². The number of hydrogen-bond acceptors (Lipinski definition) is 4. The second kappa shape index (κ2) is 9.28. The lowest BCUT2D eigenvalue weighted by molar-refractivity contribution is -0.130. The summed E-state index contributed by atoms with van der Waals surface area (Å²) in [6.07, 6.45) is 1.83. The highest BCUT2D eigenvalue weighted by Gasteiger charge is 2.23. The third-order valence-electron chi connectivity index (χ3n) is 5.01. The summed E-state index contributed by atoms with van der Waals surface area (Å²) in [7, 11) is 0. The van der Waals surface area contributed by atoms with E-state index in [1.54, 1.807) is 24.3 Å². The van der Waals surface area contributed by atoms with Gasteiger partial charge in [-0.15, -0.1) is 0 Å². The van der Waals surface area contributed by atoms with Crippen LogP contribution < -0.4 is 10.6 Å². The number of nitrogens with zero attached hydrogens (tertiary/aromatic N) is 2. The molecule has 2 aromatic carbocycles. The standard InChI is InChI=1S/C22H23ClN4O3/c23-15-5-3-6-16(13-15)25-21(28)14-27-18-8-2-1-7-17(18)26-20(27)10-11-24-22(29)19-9-4-12-30-19/h1-3,5-8,13,19H,4,9-12,14H2,(H,24,29)(H,25,28). The summed E-state index contributed by atoms with van der Waals surface area (Å²) in [4.78, 5) is 29.5. The number of nitrogens with one attached hydrogen (secondary N) is 2. The zero-order valence-electron chi connectivity index (χ0n) is 16.4. The Balaban J connectivity index is 1.45. The van der Waals surface area contributed by atoms with E-state index in [1.807, 2.05) is 28.8 Å². The molecule has 1 aromatic heterocycles. The van der Waals surface area contributed by atoms with Crippen molar-refractivity contribution in [3.63, 3.8) is 0 Å². The largest absolute Gasteiger partial charge is 0.368 e. The number of amides is 2. The van der Waals surface area contributed by atoms with Gasteiger partial charge in [-0.05, 0) is 43.2 Å². The minimum absolute atomic E-state index is 0.0890. The van der Waals surface area contributed by atoms with Crippen LogP contribution in [0.3, 0.4) is 0 Å². The molecule has 156 valence electrons.